The zero-order valence-corrected chi connectivity index (χ0v) is 10.00. The number of benzene rings is 1. The van der Waals surface area contributed by atoms with Crippen LogP contribution in [0.3, 0.4) is 0 Å². The Labute approximate surface area is 107 Å². The monoisotopic (exact) mass is 266 g/mol. The minimum Gasteiger partial charge on any atom is -0.479 e. The fourth-order valence-corrected chi connectivity index (χ4v) is 1.54. The van der Waals surface area contributed by atoms with E-state index in [1.165, 1.54) is 12.1 Å². The summed E-state index contributed by atoms with van der Waals surface area (Å²) in [5, 5.41) is 10.2. The average Bonchev–Trinajstić information content (AvgIpc) is 2.38. The zero-order chi connectivity index (χ0) is 14.0. The molecule has 7 nitrogen and oxygen atoms in total. The molecule has 0 radical (unpaired) electrons. The van der Waals surface area contributed by atoms with Crippen LogP contribution in [0.1, 0.15) is 6.92 Å². The number of halogens is 1. The maximum absolute atomic E-state index is 13.2. The number of nitrogens with two attached hydrogens (primary N) is 1. The molecule has 19 heavy (non-hydrogen) atoms. The molecule has 0 aliphatic rings. The lowest BCUT2D eigenvalue weighted by Crippen LogP contribution is -2.38. The van der Waals surface area contributed by atoms with Crippen molar-refractivity contribution in [1.29, 1.82) is 0 Å². The van der Waals surface area contributed by atoms with E-state index < -0.39 is 17.9 Å². The van der Waals surface area contributed by atoms with Crippen LogP contribution in [0.2, 0.25) is 0 Å². The first kappa shape index (κ1) is 13.0. The molecule has 1 heterocycles. The number of anilines is 1. The SMILES string of the molecule is CCOC(=O)N(N)c1nc(O)nc2ccc(F)cc12. The quantitative estimate of drug-likeness (QED) is 0.482. The molecule has 0 saturated carbocycles. The summed E-state index contributed by atoms with van der Waals surface area (Å²) in [6.45, 7) is 1.73. The molecule has 100 valence electrons. The first-order valence-electron chi connectivity index (χ1n) is 5.40. The Balaban J connectivity index is 2.57. The van der Waals surface area contributed by atoms with Gasteiger partial charge in [-0.2, -0.15) is 15.0 Å². The lowest BCUT2D eigenvalue weighted by molar-refractivity contribution is 0.159. The molecule has 0 bridgehead atoms. The largest absolute Gasteiger partial charge is 0.479 e. The zero-order valence-electron chi connectivity index (χ0n) is 10.00. The summed E-state index contributed by atoms with van der Waals surface area (Å²) in [5.41, 5.74) is 0.253. The molecular weight excluding hydrogens is 255 g/mol. The minimum atomic E-state index is -0.869. The second-order valence-electron chi connectivity index (χ2n) is 3.58. The molecule has 0 unspecified atom stereocenters. The normalized spacial score (nSPS) is 10.5. The Kier molecular flexibility index (Phi) is 3.43. The topological polar surface area (TPSA) is 102 Å². The maximum Gasteiger partial charge on any atom is 0.430 e. The van der Waals surface area contributed by atoms with E-state index in [0.717, 1.165) is 6.07 Å². The van der Waals surface area contributed by atoms with Gasteiger partial charge in [0.25, 0.3) is 0 Å². The predicted octanol–water partition coefficient (Wildman–Crippen LogP) is 1.31. The molecule has 1 aromatic carbocycles. The molecule has 0 spiro atoms. The average molecular weight is 266 g/mol. The number of rotatable bonds is 2. The Morgan fingerprint density at radius 2 is 2.26 bits per heavy atom. The molecule has 1 aromatic heterocycles. The van der Waals surface area contributed by atoms with Gasteiger partial charge in [0.1, 0.15) is 5.82 Å². The van der Waals surface area contributed by atoms with Gasteiger partial charge in [-0.15, -0.1) is 0 Å². The number of carbonyl (C=O) groups is 1. The van der Waals surface area contributed by atoms with Crippen molar-refractivity contribution in [2.24, 2.45) is 5.84 Å². The number of hydrazine groups is 1. The minimum absolute atomic E-state index is 0.121. The van der Waals surface area contributed by atoms with E-state index in [-0.39, 0.29) is 23.3 Å². The second kappa shape index (κ2) is 5.02. The Morgan fingerprint density at radius 1 is 1.53 bits per heavy atom. The standard InChI is InChI=1S/C11H11FN4O3/c1-2-19-11(18)16(13)9-7-5-6(12)3-4-8(7)14-10(17)15-9/h3-5H,2,13H2,1H3,(H,14,15,17). The Hall–Kier alpha value is -2.48. The van der Waals surface area contributed by atoms with Gasteiger partial charge in [-0.3, -0.25) is 0 Å². The number of fused-ring (bicyclic) bond motifs is 1. The van der Waals surface area contributed by atoms with Crippen LogP contribution < -0.4 is 10.9 Å². The highest BCUT2D eigenvalue weighted by molar-refractivity contribution is 5.97. The van der Waals surface area contributed by atoms with Gasteiger partial charge < -0.3 is 9.84 Å². The van der Waals surface area contributed by atoms with E-state index in [1.807, 2.05) is 0 Å². The van der Waals surface area contributed by atoms with Crippen LogP contribution in [0.25, 0.3) is 10.9 Å². The number of hydrogen-bond donors (Lipinski definition) is 2. The van der Waals surface area contributed by atoms with Gasteiger partial charge in [-0.1, -0.05) is 0 Å². The fourth-order valence-electron chi connectivity index (χ4n) is 1.54. The summed E-state index contributed by atoms with van der Waals surface area (Å²) in [6, 6.07) is 3.05. The van der Waals surface area contributed by atoms with E-state index in [0.29, 0.717) is 5.01 Å². The van der Waals surface area contributed by atoms with Gasteiger partial charge >= 0.3 is 12.1 Å². The third kappa shape index (κ3) is 2.52. The Bertz CT molecular complexity index is 635. The first-order chi connectivity index (χ1) is 9.02. The molecule has 0 fully saturated rings. The molecular formula is C11H11FN4O3. The van der Waals surface area contributed by atoms with Crippen molar-refractivity contribution in [2.45, 2.75) is 6.92 Å². The van der Waals surface area contributed by atoms with Crippen molar-refractivity contribution in [3.63, 3.8) is 0 Å². The second-order valence-corrected chi connectivity index (χ2v) is 3.58. The Morgan fingerprint density at radius 3 is 2.95 bits per heavy atom. The highest BCUT2D eigenvalue weighted by Crippen LogP contribution is 2.25. The van der Waals surface area contributed by atoms with Gasteiger partial charge in [0.2, 0.25) is 0 Å². The van der Waals surface area contributed by atoms with E-state index in [1.54, 1.807) is 6.92 Å². The molecule has 0 atom stereocenters. The summed E-state index contributed by atoms with van der Waals surface area (Å²) >= 11 is 0. The van der Waals surface area contributed by atoms with Crippen molar-refractivity contribution in [1.82, 2.24) is 9.97 Å². The third-order valence-electron chi connectivity index (χ3n) is 2.32. The van der Waals surface area contributed by atoms with Gasteiger partial charge in [0, 0.05) is 5.39 Å². The molecule has 0 aliphatic heterocycles. The van der Waals surface area contributed by atoms with Crippen molar-refractivity contribution < 1.29 is 19.0 Å². The summed E-state index contributed by atoms with van der Waals surface area (Å²) in [5.74, 6) is 4.86. The van der Waals surface area contributed by atoms with Gasteiger partial charge in [-0.25, -0.2) is 15.0 Å². The lowest BCUT2D eigenvalue weighted by Gasteiger charge is -2.16. The van der Waals surface area contributed by atoms with Crippen LogP contribution in [-0.2, 0) is 4.74 Å². The number of aromatic nitrogens is 2. The van der Waals surface area contributed by atoms with E-state index in [9.17, 15) is 14.3 Å². The van der Waals surface area contributed by atoms with Crippen molar-refractivity contribution in [3.8, 4) is 6.01 Å². The van der Waals surface area contributed by atoms with Gasteiger partial charge in [0.15, 0.2) is 5.82 Å². The highest BCUT2D eigenvalue weighted by Gasteiger charge is 2.19. The van der Waals surface area contributed by atoms with Gasteiger partial charge in [0.05, 0.1) is 12.1 Å². The summed E-state index contributed by atoms with van der Waals surface area (Å²) in [7, 11) is 0. The number of aromatic hydroxyl groups is 1. The molecule has 2 aromatic rings. The number of amides is 1. The van der Waals surface area contributed by atoms with Crippen molar-refractivity contribution in [3.05, 3.63) is 24.0 Å². The predicted molar refractivity (Wildman–Crippen MR) is 64.8 cm³/mol. The summed E-state index contributed by atoms with van der Waals surface area (Å²) < 4.78 is 17.9. The highest BCUT2D eigenvalue weighted by atomic mass is 19.1. The van der Waals surface area contributed by atoms with Crippen LogP contribution in [0.5, 0.6) is 6.01 Å². The smallest absolute Gasteiger partial charge is 0.430 e. The molecule has 2 rings (SSSR count). The third-order valence-corrected chi connectivity index (χ3v) is 2.32. The number of hydrogen-bond acceptors (Lipinski definition) is 6. The van der Waals surface area contributed by atoms with Crippen molar-refractivity contribution >= 4 is 22.8 Å². The molecule has 3 N–H and O–H groups in total. The summed E-state index contributed by atoms with van der Waals surface area (Å²) in [4.78, 5) is 18.9. The van der Waals surface area contributed by atoms with Crippen LogP contribution in [0.4, 0.5) is 15.0 Å². The van der Waals surface area contributed by atoms with Crippen LogP contribution in [0, 0.1) is 5.82 Å². The van der Waals surface area contributed by atoms with Crippen LogP contribution >= 0.6 is 0 Å². The van der Waals surface area contributed by atoms with Crippen molar-refractivity contribution in [2.75, 3.05) is 11.6 Å². The molecule has 0 aliphatic carbocycles. The maximum atomic E-state index is 13.2. The number of nitrogens with zero attached hydrogens (tertiary/aromatic N) is 3. The lowest BCUT2D eigenvalue weighted by atomic mass is 10.2. The van der Waals surface area contributed by atoms with Crippen LogP contribution in [-0.4, -0.2) is 27.8 Å². The van der Waals surface area contributed by atoms with E-state index in [4.69, 9.17) is 10.6 Å². The fraction of sp³-hybridized carbons (Fsp3) is 0.182. The van der Waals surface area contributed by atoms with E-state index in [2.05, 4.69) is 9.97 Å². The number of ether oxygens (including phenoxy) is 1. The summed E-state index contributed by atoms with van der Waals surface area (Å²) in [6.07, 6.45) is -0.869. The van der Waals surface area contributed by atoms with E-state index >= 15 is 0 Å². The van der Waals surface area contributed by atoms with Crippen LogP contribution in [0.15, 0.2) is 18.2 Å². The molecule has 8 heteroatoms. The molecule has 0 saturated heterocycles. The molecule has 1 amide bonds. The number of carbonyl (C=O) groups excluding carboxylic acids is 1. The first-order valence-corrected chi connectivity index (χ1v) is 5.40. The van der Waals surface area contributed by atoms with Gasteiger partial charge in [-0.05, 0) is 25.1 Å².